The second-order valence-corrected chi connectivity index (χ2v) is 7.81. The molecule has 3 aromatic rings. The summed E-state index contributed by atoms with van der Waals surface area (Å²) in [5, 5.41) is 12.9. The maximum absolute atomic E-state index is 13.1. The highest BCUT2D eigenvalue weighted by Crippen LogP contribution is 2.35. The molecule has 1 aromatic carbocycles. The molecule has 0 bridgehead atoms. The van der Waals surface area contributed by atoms with Gasteiger partial charge in [-0.25, -0.2) is 9.97 Å². The minimum Gasteiger partial charge on any atom is -0.383 e. The molecule has 138 valence electrons. The first-order chi connectivity index (χ1) is 13.0. The lowest BCUT2D eigenvalue weighted by molar-refractivity contribution is 0.672. The fourth-order valence-corrected chi connectivity index (χ4v) is 3.93. The Bertz CT molecular complexity index is 1120. The van der Waals surface area contributed by atoms with Crippen molar-refractivity contribution >= 4 is 48.7 Å². The molecule has 2 heterocycles. The van der Waals surface area contributed by atoms with Crippen LogP contribution in [-0.4, -0.2) is 18.3 Å². The number of anilines is 2. The highest BCUT2D eigenvalue weighted by Gasteiger charge is 2.28. The number of nitrogens with two attached hydrogens (primary N) is 1. The number of nitrogens with one attached hydrogen (secondary N) is 2. The summed E-state index contributed by atoms with van der Waals surface area (Å²) in [4.78, 5) is 21.3. The van der Waals surface area contributed by atoms with Crippen LogP contribution >= 0.6 is 22.6 Å². The molecule has 1 saturated carbocycles. The van der Waals surface area contributed by atoms with Gasteiger partial charge < -0.3 is 15.6 Å². The van der Waals surface area contributed by atoms with Gasteiger partial charge in [0, 0.05) is 11.7 Å². The molecule has 0 spiro atoms. The normalized spacial score (nSPS) is 13.7. The van der Waals surface area contributed by atoms with E-state index < -0.39 is 0 Å². The number of hydrogen-bond donors (Lipinski definition) is 3. The highest BCUT2D eigenvalue weighted by molar-refractivity contribution is 14.1. The van der Waals surface area contributed by atoms with Crippen LogP contribution in [0.3, 0.4) is 0 Å². The van der Waals surface area contributed by atoms with E-state index in [4.69, 9.17) is 11.1 Å². The number of aromatic nitrogens is 3. The first kappa shape index (κ1) is 17.9. The van der Waals surface area contributed by atoms with E-state index in [1.165, 1.54) is 6.33 Å². The summed E-state index contributed by atoms with van der Waals surface area (Å²) in [6.45, 7) is 2.39. The quantitative estimate of drug-likeness (QED) is 0.388. The van der Waals surface area contributed by atoms with Gasteiger partial charge in [-0.05, 0) is 59.4 Å². The SMILES string of the molecule is Cc1cccc2cc(CNc3ncnc(N)c3C(=N)I)n(C3CC3)c(=O)c12. The molecular weight excluding hydrogens is 455 g/mol. The van der Waals surface area contributed by atoms with Crippen molar-refractivity contribution in [2.24, 2.45) is 0 Å². The van der Waals surface area contributed by atoms with Crippen LogP contribution in [0.2, 0.25) is 0 Å². The number of nitrogen functional groups attached to an aromatic ring is 1. The average Bonchev–Trinajstić information content (AvgIpc) is 3.44. The lowest BCUT2D eigenvalue weighted by Gasteiger charge is -2.17. The topological polar surface area (TPSA) is 110 Å². The number of aryl methyl sites for hydroxylation is 1. The zero-order valence-corrected chi connectivity index (χ0v) is 16.9. The molecule has 2 aromatic heterocycles. The van der Waals surface area contributed by atoms with E-state index in [0.717, 1.165) is 34.9 Å². The summed E-state index contributed by atoms with van der Waals surface area (Å²) < 4.78 is 2.17. The summed E-state index contributed by atoms with van der Waals surface area (Å²) in [6, 6.07) is 8.24. The van der Waals surface area contributed by atoms with E-state index in [2.05, 4.69) is 21.4 Å². The molecule has 7 nitrogen and oxygen atoms in total. The summed E-state index contributed by atoms with van der Waals surface area (Å²) >= 11 is 1.89. The lowest BCUT2D eigenvalue weighted by Crippen LogP contribution is -2.25. The van der Waals surface area contributed by atoms with Crippen LogP contribution in [0.25, 0.3) is 10.8 Å². The van der Waals surface area contributed by atoms with E-state index >= 15 is 0 Å². The number of nitrogens with zero attached hydrogens (tertiary/aromatic N) is 3. The second kappa shape index (κ2) is 6.91. The molecule has 0 amide bonds. The molecule has 1 aliphatic carbocycles. The maximum atomic E-state index is 13.1. The van der Waals surface area contributed by atoms with Crippen LogP contribution in [0.1, 0.15) is 35.7 Å². The van der Waals surface area contributed by atoms with Crippen molar-refractivity contribution in [3.8, 4) is 0 Å². The smallest absolute Gasteiger partial charge is 0.259 e. The number of benzene rings is 1. The van der Waals surface area contributed by atoms with Crippen molar-refractivity contribution in [3.63, 3.8) is 0 Å². The van der Waals surface area contributed by atoms with Crippen molar-refractivity contribution in [2.75, 3.05) is 11.1 Å². The number of hydrogen-bond acceptors (Lipinski definition) is 6. The molecule has 0 atom stereocenters. The van der Waals surface area contributed by atoms with Crippen LogP contribution in [0.15, 0.2) is 35.4 Å². The number of halogens is 1. The zero-order chi connectivity index (χ0) is 19.1. The summed E-state index contributed by atoms with van der Waals surface area (Å²) in [5.41, 5.74) is 8.35. The minimum atomic E-state index is 0.0639. The Balaban J connectivity index is 1.77. The molecule has 4 N–H and O–H groups in total. The number of pyridine rings is 1. The van der Waals surface area contributed by atoms with Crippen molar-refractivity contribution in [1.29, 1.82) is 5.41 Å². The largest absolute Gasteiger partial charge is 0.383 e. The Labute approximate surface area is 169 Å². The van der Waals surface area contributed by atoms with Gasteiger partial charge in [-0.3, -0.25) is 10.2 Å². The molecular formula is C19H19IN6O. The van der Waals surface area contributed by atoms with E-state index in [1.54, 1.807) is 0 Å². The van der Waals surface area contributed by atoms with Crippen LogP contribution in [-0.2, 0) is 6.54 Å². The summed E-state index contributed by atoms with van der Waals surface area (Å²) in [6.07, 6.45) is 3.42. The fraction of sp³-hybridized carbons (Fsp3) is 0.263. The van der Waals surface area contributed by atoms with Gasteiger partial charge in [-0.1, -0.05) is 18.2 Å². The fourth-order valence-electron chi connectivity index (χ4n) is 3.40. The van der Waals surface area contributed by atoms with E-state index in [-0.39, 0.29) is 21.1 Å². The predicted octanol–water partition coefficient (Wildman–Crippen LogP) is 3.39. The van der Waals surface area contributed by atoms with E-state index in [9.17, 15) is 4.79 Å². The maximum Gasteiger partial charge on any atom is 0.259 e. The Kier molecular flexibility index (Phi) is 4.58. The molecule has 1 fully saturated rings. The van der Waals surface area contributed by atoms with Gasteiger partial charge in [0.1, 0.15) is 21.7 Å². The van der Waals surface area contributed by atoms with Crippen LogP contribution < -0.4 is 16.6 Å². The van der Waals surface area contributed by atoms with Crippen LogP contribution in [0.5, 0.6) is 0 Å². The summed E-state index contributed by atoms with van der Waals surface area (Å²) in [7, 11) is 0. The van der Waals surface area contributed by atoms with Gasteiger partial charge in [0.05, 0.1) is 17.5 Å². The van der Waals surface area contributed by atoms with Crippen molar-refractivity contribution in [1.82, 2.24) is 14.5 Å². The van der Waals surface area contributed by atoms with Crippen molar-refractivity contribution < 1.29 is 0 Å². The first-order valence-electron chi connectivity index (χ1n) is 8.70. The second-order valence-electron chi connectivity index (χ2n) is 6.73. The average molecular weight is 474 g/mol. The van der Waals surface area contributed by atoms with Gasteiger partial charge in [0.25, 0.3) is 5.56 Å². The molecule has 0 saturated heterocycles. The molecule has 8 heteroatoms. The standard InChI is InChI=1S/C19H19IN6O/c1-10-3-2-4-11-7-13(26(12-5-6-12)19(27)14(10)11)8-23-18-15(16(20)21)17(22)24-9-25-18/h2-4,7,9,12,21H,5-6,8H2,1H3,(H3,22,23,24,25). The third-order valence-corrected chi connectivity index (χ3v) is 5.35. The van der Waals surface area contributed by atoms with Gasteiger partial charge in [0.15, 0.2) is 0 Å². The van der Waals surface area contributed by atoms with Gasteiger partial charge in [-0.15, -0.1) is 0 Å². The zero-order valence-electron chi connectivity index (χ0n) is 14.8. The van der Waals surface area contributed by atoms with E-state index in [1.807, 2.05) is 52.3 Å². The molecule has 27 heavy (non-hydrogen) atoms. The van der Waals surface area contributed by atoms with Gasteiger partial charge in [0.2, 0.25) is 0 Å². The first-order valence-corrected chi connectivity index (χ1v) is 9.77. The molecule has 0 aliphatic heterocycles. The predicted molar refractivity (Wildman–Crippen MR) is 116 cm³/mol. The number of fused-ring (bicyclic) bond motifs is 1. The van der Waals surface area contributed by atoms with Gasteiger partial charge >= 0.3 is 0 Å². The summed E-state index contributed by atoms with van der Waals surface area (Å²) in [5.74, 6) is 0.765. The Hall–Kier alpha value is -2.49. The van der Waals surface area contributed by atoms with Crippen LogP contribution in [0.4, 0.5) is 11.6 Å². The Morgan fingerprint density at radius 1 is 1.41 bits per heavy atom. The molecule has 0 radical (unpaired) electrons. The Morgan fingerprint density at radius 3 is 2.89 bits per heavy atom. The molecule has 0 unspecified atom stereocenters. The van der Waals surface area contributed by atoms with E-state index in [0.29, 0.717) is 17.9 Å². The highest BCUT2D eigenvalue weighted by atomic mass is 127. The molecule has 4 rings (SSSR count). The van der Waals surface area contributed by atoms with Crippen LogP contribution in [0, 0.1) is 12.3 Å². The van der Waals surface area contributed by atoms with Crippen molar-refractivity contribution in [2.45, 2.75) is 32.4 Å². The Morgan fingerprint density at radius 2 is 2.19 bits per heavy atom. The molecule has 1 aliphatic rings. The monoisotopic (exact) mass is 474 g/mol. The third-order valence-electron chi connectivity index (χ3n) is 4.81. The minimum absolute atomic E-state index is 0.0639. The number of rotatable bonds is 5. The van der Waals surface area contributed by atoms with Crippen molar-refractivity contribution in [3.05, 3.63) is 57.8 Å². The third kappa shape index (κ3) is 3.29. The van der Waals surface area contributed by atoms with Gasteiger partial charge in [-0.2, -0.15) is 0 Å². The lowest BCUT2D eigenvalue weighted by atomic mass is 10.1.